The molecule has 0 spiro atoms. The maximum Gasteiger partial charge on any atom is 0.0579 e. The first-order valence-corrected chi connectivity index (χ1v) is 16.8. The molecule has 0 aliphatic heterocycles. The van der Waals surface area contributed by atoms with Crippen molar-refractivity contribution in [2.45, 2.75) is 39.5 Å². The Kier molecular flexibility index (Phi) is 5.92. The molecule has 5 aromatic carbocycles. The Balaban J connectivity index is 1.44. The molecule has 0 fully saturated rings. The number of aromatic nitrogens is 2. The molecule has 0 amide bonds. The van der Waals surface area contributed by atoms with E-state index in [1.165, 1.54) is 88.2 Å². The molecule has 2 nitrogen and oxygen atoms in total. The minimum atomic E-state index is 1.01. The lowest BCUT2D eigenvalue weighted by atomic mass is 9.74. The van der Waals surface area contributed by atoms with Crippen molar-refractivity contribution >= 4 is 65.2 Å². The van der Waals surface area contributed by atoms with Gasteiger partial charge in [0, 0.05) is 37.4 Å². The van der Waals surface area contributed by atoms with Gasteiger partial charge in [0.2, 0.25) is 0 Å². The van der Waals surface area contributed by atoms with E-state index >= 15 is 0 Å². The van der Waals surface area contributed by atoms with E-state index in [1.54, 1.807) is 0 Å². The predicted molar refractivity (Wildman–Crippen MR) is 196 cm³/mol. The summed E-state index contributed by atoms with van der Waals surface area (Å²) in [5, 5.41) is 5.39. The third-order valence-corrected chi connectivity index (χ3v) is 10.5. The first kappa shape index (κ1) is 26.8. The van der Waals surface area contributed by atoms with Gasteiger partial charge < -0.3 is 9.13 Å². The van der Waals surface area contributed by atoms with E-state index in [0.29, 0.717) is 0 Å². The lowest BCUT2D eigenvalue weighted by molar-refractivity contribution is 0.884. The van der Waals surface area contributed by atoms with E-state index in [9.17, 15) is 0 Å². The van der Waals surface area contributed by atoms with Crippen LogP contribution in [0, 0.1) is 6.92 Å². The summed E-state index contributed by atoms with van der Waals surface area (Å²) >= 11 is 3.78. The average Bonchev–Trinajstić information content (AvgIpc) is 3.55. The van der Waals surface area contributed by atoms with Crippen molar-refractivity contribution in [3.63, 3.8) is 0 Å². The summed E-state index contributed by atoms with van der Waals surface area (Å²) in [7, 11) is 0. The highest BCUT2D eigenvalue weighted by Crippen LogP contribution is 2.51. The molecule has 3 heteroatoms. The van der Waals surface area contributed by atoms with E-state index in [0.717, 1.165) is 35.9 Å². The van der Waals surface area contributed by atoms with Gasteiger partial charge >= 0.3 is 0 Å². The Bertz CT molecular complexity index is 2460. The second-order valence-corrected chi connectivity index (χ2v) is 13.5. The van der Waals surface area contributed by atoms with Crippen molar-refractivity contribution in [3.8, 4) is 16.8 Å². The Labute approximate surface area is 271 Å². The van der Waals surface area contributed by atoms with Gasteiger partial charge in [-0.3, -0.25) is 0 Å². The van der Waals surface area contributed by atoms with Crippen LogP contribution in [0.25, 0.3) is 66.1 Å². The van der Waals surface area contributed by atoms with Gasteiger partial charge in [-0.2, -0.15) is 0 Å². The summed E-state index contributed by atoms with van der Waals surface area (Å²) in [5.74, 6) is 0. The molecule has 9 rings (SSSR count). The third kappa shape index (κ3) is 3.74. The van der Waals surface area contributed by atoms with Crippen LogP contribution in [-0.2, 0) is 25.7 Å². The molecule has 2 aliphatic rings. The fraction of sp³-hybridized carbons (Fsp3) is 0.143. The number of hydrogen-bond acceptors (Lipinski definition) is 0. The van der Waals surface area contributed by atoms with Crippen molar-refractivity contribution in [1.29, 1.82) is 0 Å². The monoisotopic (exact) mass is 644 g/mol. The van der Waals surface area contributed by atoms with Crippen LogP contribution in [0.2, 0.25) is 0 Å². The number of halogens is 1. The molecule has 7 aromatic rings. The Hall–Kier alpha value is -4.60. The van der Waals surface area contributed by atoms with Crippen LogP contribution in [0.1, 0.15) is 34.7 Å². The lowest BCUT2D eigenvalue weighted by Crippen LogP contribution is -2.16. The van der Waals surface area contributed by atoms with Crippen molar-refractivity contribution in [3.05, 3.63) is 142 Å². The van der Waals surface area contributed by atoms with Crippen molar-refractivity contribution < 1.29 is 0 Å². The highest BCUT2D eigenvalue weighted by Gasteiger charge is 2.32. The maximum absolute atomic E-state index is 4.07. The molecule has 0 bridgehead atoms. The molecule has 0 saturated heterocycles. The van der Waals surface area contributed by atoms with Gasteiger partial charge in [-0.25, -0.2) is 0 Å². The van der Waals surface area contributed by atoms with E-state index in [-0.39, 0.29) is 0 Å². The van der Waals surface area contributed by atoms with E-state index in [1.807, 2.05) is 6.08 Å². The summed E-state index contributed by atoms with van der Waals surface area (Å²) in [6.07, 6.45) is 12.5. The molecule has 2 heterocycles. The summed E-state index contributed by atoms with van der Waals surface area (Å²) in [6.45, 7) is 8.37. The number of rotatable bonds is 4. The maximum atomic E-state index is 4.07. The summed E-state index contributed by atoms with van der Waals surface area (Å²) in [4.78, 5) is 0. The SMILES string of the molecule is C=C/C=C(\C=C/C)n1c2ccc(Br)cc2c2cc3c4c(c21)CCc1c-4c(cc2c4cc(C)ccc4n(-c4ccccc4)c12)CC3. The number of fused-ring (bicyclic) bond motifs is 8. The Morgan fingerprint density at radius 3 is 2.11 bits per heavy atom. The number of hydrogen-bond donors (Lipinski definition) is 0. The van der Waals surface area contributed by atoms with Crippen LogP contribution in [0.5, 0.6) is 0 Å². The highest BCUT2D eigenvalue weighted by molar-refractivity contribution is 9.10. The van der Waals surface area contributed by atoms with Crippen LogP contribution < -0.4 is 0 Å². The first-order chi connectivity index (χ1) is 22.1. The molecule has 0 atom stereocenters. The molecule has 0 saturated carbocycles. The lowest BCUT2D eigenvalue weighted by Gasteiger charge is -2.31. The molecule has 0 unspecified atom stereocenters. The summed E-state index contributed by atoms with van der Waals surface area (Å²) in [5.41, 5.74) is 17.9. The van der Waals surface area contributed by atoms with E-state index in [4.69, 9.17) is 0 Å². The number of allylic oxidation sites excluding steroid dienone is 5. The zero-order valence-corrected chi connectivity index (χ0v) is 27.2. The topological polar surface area (TPSA) is 9.86 Å². The van der Waals surface area contributed by atoms with Crippen LogP contribution in [-0.4, -0.2) is 9.13 Å². The first-order valence-electron chi connectivity index (χ1n) is 16.0. The second-order valence-electron chi connectivity index (χ2n) is 12.6. The number of para-hydroxylation sites is 1. The van der Waals surface area contributed by atoms with Crippen LogP contribution in [0.4, 0.5) is 0 Å². The summed E-state index contributed by atoms with van der Waals surface area (Å²) in [6, 6.07) is 29.7. The zero-order chi connectivity index (χ0) is 30.4. The molecule has 0 N–H and O–H groups in total. The van der Waals surface area contributed by atoms with Crippen LogP contribution in [0.15, 0.2) is 114 Å². The van der Waals surface area contributed by atoms with Gasteiger partial charge in [-0.15, -0.1) is 0 Å². The molecular formula is C42H33BrN2. The van der Waals surface area contributed by atoms with Crippen LogP contribution >= 0.6 is 15.9 Å². The quantitative estimate of drug-likeness (QED) is 0.169. The Morgan fingerprint density at radius 2 is 1.40 bits per heavy atom. The smallest absolute Gasteiger partial charge is 0.0579 e. The fourth-order valence-corrected chi connectivity index (χ4v) is 8.72. The minimum Gasteiger partial charge on any atom is -0.309 e. The number of benzene rings is 5. The van der Waals surface area contributed by atoms with Gasteiger partial charge in [0.1, 0.15) is 0 Å². The molecule has 0 radical (unpaired) electrons. The van der Waals surface area contributed by atoms with Crippen LogP contribution in [0.3, 0.4) is 0 Å². The standard InChI is InChI=1S/C42H33BrN2/c1-4-9-29(10-5-2)44-38-20-16-28(43)24-34(38)36-23-27-15-14-26-22-35-33-21-25(3)13-19-37(33)45(30-11-7-6-8-12-30)41(35)31-17-18-32(42(36)44)40(27)39(26)31/h4-13,16,19-24H,1,14-15,17-18H2,2-3H3/b10-5-,29-9+. The average molecular weight is 646 g/mol. The largest absolute Gasteiger partial charge is 0.309 e. The van der Waals surface area contributed by atoms with Crippen molar-refractivity contribution in [2.75, 3.05) is 0 Å². The molecule has 218 valence electrons. The van der Waals surface area contributed by atoms with Crippen molar-refractivity contribution in [2.24, 2.45) is 0 Å². The third-order valence-electron chi connectivity index (χ3n) is 10.0. The van der Waals surface area contributed by atoms with Gasteiger partial charge in [0.25, 0.3) is 0 Å². The number of aryl methyl sites for hydroxylation is 5. The molecular weight excluding hydrogens is 612 g/mol. The normalized spacial score (nSPS) is 14.3. The second kappa shape index (κ2) is 9.95. The molecule has 2 aliphatic carbocycles. The highest BCUT2D eigenvalue weighted by atomic mass is 79.9. The zero-order valence-electron chi connectivity index (χ0n) is 25.6. The Morgan fingerprint density at radius 1 is 0.733 bits per heavy atom. The van der Waals surface area contributed by atoms with E-state index in [2.05, 4.69) is 143 Å². The fourth-order valence-electron chi connectivity index (χ4n) is 8.35. The van der Waals surface area contributed by atoms with Gasteiger partial charge in [0.05, 0.1) is 22.1 Å². The number of nitrogens with zero attached hydrogens (tertiary/aromatic N) is 2. The summed E-state index contributed by atoms with van der Waals surface area (Å²) < 4.78 is 6.12. The van der Waals surface area contributed by atoms with Gasteiger partial charge in [0.15, 0.2) is 0 Å². The minimum absolute atomic E-state index is 1.01. The van der Waals surface area contributed by atoms with E-state index < -0.39 is 0 Å². The predicted octanol–water partition coefficient (Wildman–Crippen LogP) is 11.4. The van der Waals surface area contributed by atoms with Gasteiger partial charge in [-0.05, 0) is 140 Å². The van der Waals surface area contributed by atoms with Gasteiger partial charge in [-0.1, -0.05) is 64.5 Å². The van der Waals surface area contributed by atoms with Crippen molar-refractivity contribution in [1.82, 2.24) is 9.13 Å². The molecule has 45 heavy (non-hydrogen) atoms. The molecule has 2 aromatic heterocycles.